The summed E-state index contributed by atoms with van der Waals surface area (Å²) in [5.41, 5.74) is 4.11. The highest BCUT2D eigenvalue weighted by Crippen LogP contribution is 2.33. The van der Waals surface area contributed by atoms with Gasteiger partial charge >= 0.3 is 0 Å². The summed E-state index contributed by atoms with van der Waals surface area (Å²) in [5, 5.41) is 0. The molecular weight excluding hydrogens is 272 g/mol. The van der Waals surface area contributed by atoms with Gasteiger partial charge in [-0.1, -0.05) is 24.3 Å². The average molecular weight is 298 g/mol. The van der Waals surface area contributed by atoms with E-state index in [1.54, 1.807) is 0 Å². The maximum Gasteiger partial charge on any atom is 0.0945 e. The SMILES string of the molecule is CN(C)Cc1ccc([C@@H]2CCCN2Cc2cncn2C)cc1. The summed E-state index contributed by atoms with van der Waals surface area (Å²) in [5.74, 6) is 0. The van der Waals surface area contributed by atoms with E-state index in [9.17, 15) is 0 Å². The first-order valence-electron chi connectivity index (χ1n) is 8.06. The van der Waals surface area contributed by atoms with E-state index in [-0.39, 0.29) is 0 Å². The number of hydrogen-bond acceptors (Lipinski definition) is 3. The molecule has 1 fully saturated rings. The van der Waals surface area contributed by atoms with E-state index in [0.29, 0.717) is 6.04 Å². The fourth-order valence-corrected chi connectivity index (χ4v) is 3.35. The zero-order valence-corrected chi connectivity index (χ0v) is 13.9. The van der Waals surface area contributed by atoms with E-state index < -0.39 is 0 Å². The minimum absolute atomic E-state index is 0.545. The second-order valence-electron chi connectivity index (χ2n) is 6.60. The third-order valence-electron chi connectivity index (χ3n) is 4.51. The van der Waals surface area contributed by atoms with Crippen molar-refractivity contribution in [3.8, 4) is 0 Å². The van der Waals surface area contributed by atoms with Crippen molar-refractivity contribution in [3.63, 3.8) is 0 Å². The van der Waals surface area contributed by atoms with Crippen LogP contribution in [0.5, 0.6) is 0 Å². The Morgan fingerprint density at radius 3 is 2.64 bits per heavy atom. The fraction of sp³-hybridized carbons (Fsp3) is 0.500. The molecular formula is C18H26N4. The molecule has 3 rings (SSSR count). The second-order valence-corrected chi connectivity index (χ2v) is 6.60. The molecule has 2 heterocycles. The van der Waals surface area contributed by atoms with Crippen molar-refractivity contribution >= 4 is 0 Å². The van der Waals surface area contributed by atoms with Gasteiger partial charge in [-0.05, 0) is 44.6 Å². The van der Waals surface area contributed by atoms with Gasteiger partial charge in [0.25, 0.3) is 0 Å². The number of imidazole rings is 1. The largest absolute Gasteiger partial charge is 0.337 e. The van der Waals surface area contributed by atoms with Crippen molar-refractivity contribution in [2.45, 2.75) is 32.0 Å². The van der Waals surface area contributed by atoms with Crippen molar-refractivity contribution in [1.82, 2.24) is 19.4 Å². The molecule has 22 heavy (non-hydrogen) atoms. The van der Waals surface area contributed by atoms with Crippen LogP contribution >= 0.6 is 0 Å². The summed E-state index contributed by atoms with van der Waals surface area (Å²) in [6.45, 7) is 3.17. The van der Waals surface area contributed by atoms with Crippen molar-refractivity contribution in [2.24, 2.45) is 7.05 Å². The fourth-order valence-electron chi connectivity index (χ4n) is 3.35. The van der Waals surface area contributed by atoms with Gasteiger partial charge in [-0.15, -0.1) is 0 Å². The molecule has 0 aliphatic carbocycles. The van der Waals surface area contributed by atoms with Gasteiger partial charge in [0, 0.05) is 32.4 Å². The Balaban J connectivity index is 1.71. The molecule has 4 nitrogen and oxygen atoms in total. The van der Waals surface area contributed by atoms with Crippen molar-refractivity contribution in [2.75, 3.05) is 20.6 Å². The Labute approximate surface area is 133 Å². The van der Waals surface area contributed by atoms with E-state index in [0.717, 1.165) is 13.1 Å². The van der Waals surface area contributed by atoms with E-state index >= 15 is 0 Å². The zero-order valence-electron chi connectivity index (χ0n) is 13.9. The standard InChI is InChI=1S/C18H26N4/c1-20(2)12-15-6-8-16(9-7-15)18-5-4-10-22(18)13-17-11-19-14-21(17)3/h6-9,11,14,18H,4-5,10,12-13H2,1-3H3/t18-/m0/s1. The average Bonchev–Trinajstić information content (AvgIpc) is 3.10. The van der Waals surface area contributed by atoms with Gasteiger partial charge in [-0.3, -0.25) is 4.90 Å². The highest BCUT2D eigenvalue weighted by molar-refractivity contribution is 5.26. The van der Waals surface area contributed by atoms with Crippen LogP contribution in [0.15, 0.2) is 36.8 Å². The zero-order chi connectivity index (χ0) is 15.5. The number of aromatic nitrogens is 2. The third-order valence-corrected chi connectivity index (χ3v) is 4.51. The summed E-state index contributed by atoms with van der Waals surface area (Å²) in [7, 11) is 6.30. The van der Waals surface area contributed by atoms with Crippen molar-refractivity contribution < 1.29 is 0 Å². The van der Waals surface area contributed by atoms with Gasteiger partial charge in [0.1, 0.15) is 0 Å². The topological polar surface area (TPSA) is 24.3 Å². The Kier molecular flexibility index (Phi) is 4.60. The van der Waals surface area contributed by atoms with Gasteiger partial charge < -0.3 is 9.47 Å². The minimum Gasteiger partial charge on any atom is -0.337 e. The lowest BCUT2D eigenvalue weighted by atomic mass is 10.0. The number of hydrogen-bond donors (Lipinski definition) is 0. The Morgan fingerprint density at radius 2 is 2.00 bits per heavy atom. The molecule has 2 aromatic rings. The molecule has 0 unspecified atom stereocenters. The molecule has 1 saturated heterocycles. The Bertz CT molecular complexity index is 600. The van der Waals surface area contributed by atoms with Crippen LogP contribution in [-0.4, -0.2) is 40.0 Å². The van der Waals surface area contributed by atoms with Gasteiger partial charge in [0.2, 0.25) is 0 Å². The lowest BCUT2D eigenvalue weighted by Gasteiger charge is -2.25. The molecule has 0 radical (unpaired) electrons. The highest BCUT2D eigenvalue weighted by atomic mass is 15.2. The molecule has 118 valence electrons. The summed E-state index contributed by atoms with van der Waals surface area (Å²) >= 11 is 0. The molecule has 0 N–H and O–H groups in total. The Hall–Kier alpha value is -1.65. The van der Waals surface area contributed by atoms with E-state index in [1.807, 2.05) is 12.5 Å². The predicted molar refractivity (Wildman–Crippen MR) is 89.4 cm³/mol. The van der Waals surface area contributed by atoms with Gasteiger partial charge in [-0.25, -0.2) is 4.98 Å². The smallest absolute Gasteiger partial charge is 0.0945 e. The lowest BCUT2D eigenvalue weighted by molar-refractivity contribution is 0.243. The summed E-state index contributed by atoms with van der Waals surface area (Å²) in [6.07, 6.45) is 6.40. The molecule has 1 aromatic heterocycles. The van der Waals surface area contributed by atoms with Gasteiger partial charge in [-0.2, -0.15) is 0 Å². The molecule has 1 aliphatic rings. The van der Waals surface area contributed by atoms with Crippen LogP contribution in [0.4, 0.5) is 0 Å². The van der Waals surface area contributed by atoms with E-state index in [2.05, 4.69) is 64.8 Å². The van der Waals surface area contributed by atoms with Gasteiger partial charge in [0.05, 0.1) is 12.0 Å². The quantitative estimate of drug-likeness (QED) is 0.848. The lowest BCUT2D eigenvalue weighted by Crippen LogP contribution is -2.23. The van der Waals surface area contributed by atoms with Crippen LogP contribution in [0.2, 0.25) is 0 Å². The van der Waals surface area contributed by atoms with Crippen LogP contribution in [0.25, 0.3) is 0 Å². The van der Waals surface area contributed by atoms with Crippen LogP contribution in [-0.2, 0) is 20.1 Å². The maximum absolute atomic E-state index is 4.23. The minimum atomic E-state index is 0.545. The molecule has 0 amide bonds. The molecule has 4 heteroatoms. The van der Waals surface area contributed by atoms with Crippen molar-refractivity contribution in [1.29, 1.82) is 0 Å². The number of nitrogens with zero attached hydrogens (tertiary/aromatic N) is 4. The first-order chi connectivity index (χ1) is 10.6. The first kappa shape index (κ1) is 15.3. The van der Waals surface area contributed by atoms with Crippen molar-refractivity contribution in [3.05, 3.63) is 53.6 Å². The molecule has 0 bridgehead atoms. The number of aryl methyl sites for hydroxylation is 1. The number of rotatable bonds is 5. The normalized spacial score (nSPS) is 19.2. The summed E-state index contributed by atoms with van der Waals surface area (Å²) < 4.78 is 2.12. The number of benzene rings is 1. The van der Waals surface area contributed by atoms with Gasteiger partial charge in [0.15, 0.2) is 0 Å². The van der Waals surface area contributed by atoms with Crippen LogP contribution in [0, 0.1) is 0 Å². The van der Waals surface area contributed by atoms with Crippen LogP contribution in [0.3, 0.4) is 0 Å². The van der Waals surface area contributed by atoms with E-state index in [4.69, 9.17) is 0 Å². The molecule has 1 atom stereocenters. The van der Waals surface area contributed by atoms with Crippen LogP contribution in [0.1, 0.15) is 35.7 Å². The molecule has 0 spiro atoms. The van der Waals surface area contributed by atoms with Crippen LogP contribution < -0.4 is 0 Å². The molecule has 1 aliphatic heterocycles. The van der Waals surface area contributed by atoms with E-state index in [1.165, 1.54) is 36.2 Å². The highest BCUT2D eigenvalue weighted by Gasteiger charge is 2.26. The Morgan fingerprint density at radius 1 is 1.23 bits per heavy atom. The summed E-state index contributed by atoms with van der Waals surface area (Å²) in [4.78, 5) is 9.02. The monoisotopic (exact) mass is 298 g/mol. The first-order valence-corrected chi connectivity index (χ1v) is 8.06. The third kappa shape index (κ3) is 3.39. The second kappa shape index (κ2) is 6.63. The maximum atomic E-state index is 4.23. The predicted octanol–water partition coefficient (Wildman–Crippen LogP) is 2.82. The number of likely N-dealkylation sites (tertiary alicyclic amines) is 1. The summed E-state index contributed by atoms with van der Waals surface area (Å²) in [6, 6.07) is 9.71. The molecule has 0 saturated carbocycles. The molecule has 1 aromatic carbocycles.